The molecule has 228 valence electrons. The summed E-state index contributed by atoms with van der Waals surface area (Å²) in [6.07, 6.45) is -8.68. The molecule has 0 aromatic heterocycles. The molecular weight excluding hydrogens is 615 g/mol. The van der Waals surface area contributed by atoms with Gasteiger partial charge in [0.15, 0.2) is 0 Å². The molecule has 0 bridgehead atoms. The van der Waals surface area contributed by atoms with E-state index in [0.717, 1.165) is 7.05 Å². The predicted octanol–water partition coefficient (Wildman–Crippen LogP) is 1.53. The number of likely N-dealkylation sites (N-methyl/N-ethyl adjacent to an activating group) is 1. The van der Waals surface area contributed by atoms with Gasteiger partial charge in [-0.1, -0.05) is 0 Å². The van der Waals surface area contributed by atoms with Gasteiger partial charge in [-0.05, 0) is 0 Å². The minimum atomic E-state index is -8.89. The van der Waals surface area contributed by atoms with E-state index in [2.05, 4.69) is 0 Å². The number of carbonyl (C=O) groups excluding carboxylic acids is 1. The molecule has 0 spiro atoms. The summed E-state index contributed by atoms with van der Waals surface area (Å²) >= 11 is 0. The number of carboxylic acid groups (broad SMARTS) is 1. The van der Waals surface area contributed by atoms with Crippen LogP contribution in [0.25, 0.3) is 0 Å². The van der Waals surface area contributed by atoms with Gasteiger partial charge in [-0.25, -0.2) is 13.1 Å². The van der Waals surface area contributed by atoms with Gasteiger partial charge in [0.1, 0.15) is 6.54 Å². The Morgan fingerprint density at radius 2 is 1.03 bits per heavy atom. The average molecular weight is 628 g/mol. The van der Waals surface area contributed by atoms with Crippen molar-refractivity contribution >= 4 is 16.0 Å². The number of carbonyl (C=O) groups is 1. The zero-order valence-electron chi connectivity index (χ0n) is 17.8. The van der Waals surface area contributed by atoms with E-state index in [1.165, 1.54) is 0 Å². The molecule has 0 heterocycles. The third kappa shape index (κ3) is 5.56. The molecule has 0 radical (unpaired) electrons. The van der Waals surface area contributed by atoms with Gasteiger partial charge in [-0.3, -0.25) is 0 Å². The lowest BCUT2D eigenvalue weighted by molar-refractivity contribution is -0.873. The van der Waals surface area contributed by atoms with E-state index in [4.69, 9.17) is 0 Å². The lowest BCUT2D eigenvalue weighted by atomic mass is 9.91. The summed E-state index contributed by atoms with van der Waals surface area (Å²) in [5, 5.41) is 2.67. The Balaban J connectivity index is 6.35. The van der Waals surface area contributed by atoms with Crippen LogP contribution in [0.4, 0.5) is 74.6 Å². The zero-order valence-corrected chi connectivity index (χ0v) is 18.6. The van der Waals surface area contributed by atoms with Crippen molar-refractivity contribution in [2.24, 2.45) is 0 Å². The Morgan fingerprint density at radius 3 is 1.37 bits per heavy atom. The van der Waals surface area contributed by atoms with Crippen LogP contribution in [0.5, 0.6) is 0 Å². The number of hydrogen-bond acceptors (Lipinski definition) is 4. The molecule has 0 aliphatic heterocycles. The van der Waals surface area contributed by atoms with E-state index < -0.39 is 89.0 Å². The Kier molecular flexibility index (Phi) is 9.78. The first kappa shape index (κ1) is 36.1. The van der Waals surface area contributed by atoms with Crippen LogP contribution in [0.2, 0.25) is 0 Å². The molecule has 6 nitrogen and oxygen atoms in total. The Morgan fingerprint density at radius 1 is 0.684 bits per heavy atom. The minimum absolute atomic E-state index is 0.0636. The van der Waals surface area contributed by atoms with Crippen LogP contribution >= 0.6 is 0 Å². The lowest BCUT2D eigenvalue weighted by Crippen LogP contribution is -3.10. The van der Waals surface area contributed by atoms with Crippen LogP contribution in [0, 0.1) is 0 Å². The highest BCUT2D eigenvalue weighted by molar-refractivity contribution is 7.90. The zero-order chi connectivity index (χ0) is 31.2. The summed E-state index contributed by atoms with van der Waals surface area (Å²) in [5.41, 5.74) is 0. The van der Waals surface area contributed by atoms with Crippen molar-refractivity contribution in [3.05, 3.63) is 0 Å². The Labute approximate surface area is 199 Å². The molecule has 0 amide bonds. The fourth-order valence-electron chi connectivity index (χ4n) is 2.34. The van der Waals surface area contributed by atoms with Crippen molar-refractivity contribution in [2.75, 3.05) is 26.7 Å². The summed E-state index contributed by atoms with van der Waals surface area (Å²) in [4.78, 5) is 10.2. The van der Waals surface area contributed by atoms with Gasteiger partial charge < -0.3 is 14.8 Å². The van der Waals surface area contributed by atoms with E-state index >= 15 is 0 Å². The van der Waals surface area contributed by atoms with Gasteiger partial charge in [-0.2, -0.15) is 74.6 Å². The molecule has 24 heteroatoms. The third-order valence-corrected chi connectivity index (χ3v) is 6.06. The maximum Gasteiger partial charge on any atom is 0.460 e. The lowest BCUT2D eigenvalue weighted by Gasteiger charge is -2.42. The molecule has 0 aliphatic carbocycles. The van der Waals surface area contributed by atoms with Gasteiger partial charge in [-0.15, -0.1) is 0 Å². The molecule has 0 fully saturated rings. The number of hydrogen-bond donors (Lipinski definition) is 2. The highest BCUT2D eigenvalue weighted by atomic mass is 32.2. The molecule has 0 aromatic rings. The van der Waals surface area contributed by atoms with Gasteiger partial charge in [0.25, 0.3) is 10.0 Å². The predicted molar refractivity (Wildman–Crippen MR) is 83.9 cm³/mol. The average Bonchev–Trinajstić information content (AvgIpc) is 2.68. The number of quaternary nitrogens is 1. The van der Waals surface area contributed by atoms with Crippen LogP contribution in [-0.4, -0.2) is 88.0 Å². The van der Waals surface area contributed by atoms with E-state index in [-0.39, 0.29) is 4.90 Å². The van der Waals surface area contributed by atoms with Crippen LogP contribution < -0.4 is 14.7 Å². The maximum atomic E-state index is 13.8. The van der Waals surface area contributed by atoms with Crippen molar-refractivity contribution in [2.45, 2.75) is 53.4 Å². The van der Waals surface area contributed by atoms with Gasteiger partial charge in [0, 0.05) is 13.0 Å². The summed E-state index contributed by atoms with van der Waals surface area (Å²) in [7, 11) is -6.30. The minimum Gasteiger partial charge on any atom is -0.544 e. The van der Waals surface area contributed by atoms with E-state index in [9.17, 15) is 93.0 Å². The topological polar surface area (TPSA) is 90.7 Å². The number of rotatable bonds is 14. The largest absolute Gasteiger partial charge is 0.544 e. The summed E-state index contributed by atoms with van der Waals surface area (Å²) in [5.74, 6) is -53.6. The summed E-state index contributed by atoms with van der Waals surface area (Å²) in [6.45, 7) is -2.76. The number of alkyl halides is 17. The third-order valence-electron chi connectivity index (χ3n) is 4.55. The van der Waals surface area contributed by atoms with E-state index in [1.807, 2.05) is 0 Å². The summed E-state index contributed by atoms with van der Waals surface area (Å²) in [6, 6.07) is 0. The van der Waals surface area contributed by atoms with Gasteiger partial charge >= 0.3 is 47.0 Å². The quantitative estimate of drug-likeness (QED) is 0.226. The first-order valence-electron chi connectivity index (χ1n) is 9.03. The Hall–Kier alpha value is -1.85. The highest BCUT2D eigenvalue weighted by Crippen LogP contribution is 2.64. The molecule has 0 aromatic carbocycles. The van der Waals surface area contributed by atoms with Crippen molar-refractivity contribution < 1.29 is 97.9 Å². The molecule has 0 rings (SSSR count). The molecule has 1 atom stereocenters. The molecule has 1 unspecified atom stereocenters. The van der Waals surface area contributed by atoms with Crippen molar-refractivity contribution in [3.8, 4) is 0 Å². The number of carboxylic acids is 1. The Bertz CT molecular complexity index is 964. The van der Waals surface area contributed by atoms with Gasteiger partial charge in [0.2, 0.25) is 0 Å². The molecule has 38 heavy (non-hydrogen) atoms. The highest BCUT2D eigenvalue weighted by Gasteiger charge is 2.96. The van der Waals surface area contributed by atoms with E-state index in [0.29, 0.717) is 4.72 Å². The monoisotopic (exact) mass is 628 g/mol. The van der Waals surface area contributed by atoms with Crippen molar-refractivity contribution in [1.29, 1.82) is 0 Å². The molecule has 0 saturated heterocycles. The first-order chi connectivity index (χ1) is 16.3. The van der Waals surface area contributed by atoms with E-state index in [1.54, 1.807) is 0 Å². The first-order valence-corrected chi connectivity index (χ1v) is 10.5. The number of aliphatic carboxylic acids is 1. The molecular formula is C14H13F17N2O4S. The van der Waals surface area contributed by atoms with Crippen LogP contribution in [0.15, 0.2) is 0 Å². The normalized spacial score (nSPS) is 16.5. The summed E-state index contributed by atoms with van der Waals surface area (Å²) < 4.78 is 247. The maximum absolute atomic E-state index is 13.8. The number of nitrogens with one attached hydrogen (secondary N) is 2. The second kappa shape index (κ2) is 10.3. The second-order valence-electron chi connectivity index (χ2n) is 7.47. The van der Waals surface area contributed by atoms with Crippen molar-refractivity contribution in [3.63, 3.8) is 0 Å². The van der Waals surface area contributed by atoms with Crippen LogP contribution in [0.3, 0.4) is 0 Å². The van der Waals surface area contributed by atoms with Crippen LogP contribution in [0.1, 0.15) is 6.42 Å². The SMILES string of the molecule is C[NH+](CCCNS(=O)(=O)C(F)(F)C(F)(F)C(F)(F)C(F)(F)C(F)(F)C(F)(F)C(F)(F)C(F)(F)F)CC(=O)[O-]. The van der Waals surface area contributed by atoms with Crippen LogP contribution in [-0.2, 0) is 14.8 Å². The van der Waals surface area contributed by atoms with Crippen molar-refractivity contribution in [1.82, 2.24) is 4.72 Å². The number of halogens is 17. The molecule has 2 N–H and O–H groups in total. The smallest absolute Gasteiger partial charge is 0.460 e. The number of sulfonamides is 1. The fraction of sp³-hybridized carbons (Fsp3) is 0.929. The molecule has 0 aliphatic rings. The standard InChI is InChI=1S/C14H13F17N2O4S/c1-33(5-6(34)35)4-2-3-32-38(36,37)14(30,31)12(25,26)10(21,22)8(17,18)7(15,16)9(19,20)11(23,24)13(27,28)29/h32H,2-5H2,1H3,(H,34,35). The molecule has 0 saturated carbocycles. The fourth-order valence-corrected chi connectivity index (χ4v) is 3.40. The van der Waals surface area contributed by atoms with Gasteiger partial charge in [0.05, 0.1) is 19.6 Å². The second-order valence-corrected chi connectivity index (χ2v) is 9.28.